The summed E-state index contributed by atoms with van der Waals surface area (Å²) in [6.07, 6.45) is 6.58. The fraction of sp³-hybridized carbons (Fsp3) is 0.909. The Bertz CT molecular complexity index is 206. The molecule has 1 N–H and O–H groups in total. The highest BCUT2D eigenvalue weighted by molar-refractivity contribution is 7.98. The van der Waals surface area contributed by atoms with E-state index in [-0.39, 0.29) is 0 Å². The molecule has 1 rings (SSSR count). The molecule has 0 heterocycles. The second-order valence-electron chi connectivity index (χ2n) is 4.40. The molecule has 2 nitrogen and oxygen atoms in total. The maximum atomic E-state index is 8.67. The van der Waals surface area contributed by atoms with E-state index in [1.165, 1.54) is 25.0 Å². The molecule has 1 aliphatic rings. The zero-order valence-corrected chi connectivity index (χ0v) is 9.99. The van der Waals surface area contributed by atoms with Gasteiger partial charge in [-0.3, -0.25) is 0 Å². The van der Waals surface area contributed by atoms with E-state index in [2.05, 4.69) is 24.6 Å². The number of hydrogen-bond acceptors (Lipinski definition) is 3. The highest BCUT2D eigenvalue weighted by atomic mass is 32.2. The molecule has 0 bridgehead atoms. The molecule has 1 unspecified atom stereocenters. The van der Waals surface area contributed by atoms with Crippen LogP contribution in [0.5, 0.6) is 0 Å². The molecule has 1 fully saturated rings. The third-order valence-corrected chi connectivity index (χ3v) is 3.64. The predicted molar refractivity (Wildman–Crippen MR) is 62.4 cm³/mol. The molecule has 0 aromatic rings. The molecule has 1 atom stereocenters. The van der Waals surface area contributed by atoms with Crippen LogP contribution >= 0.6 is 11.8 Å². The van der Waals surface area contributed by atoms with Crippen molar-refractivity contribution >= 4 is 11.8 Å². The van der Waals surface area contributed by atoms with Gasteiger partial charge in [0.15, 0.2) is 0 Å². The van der Waals surface area contributed by atoms with Crippen LogP contribution < -0.4 is 5.32 Å². The molecule has 1 aliphatic carbocycles. The van der Waals surface area contributed by atoms with Crippen LogP contribution in [0.1, 0.15) is 32.6 Å². The Hall–Kier alpha value is -0.200. The number of rotatable bonds is 7. The van der Waals surface area contributed by atoms with Gasteiger partial charge in [-0.15, -0.1) is 0 Å². The van der Waals surface area contributed by atoms with Crippen molar-refractivity contribution in [2.75, 3.05) is 18.6 Å². The third kappa shape index (κ3) is 3.89. The normalized spacial score (nSPS) is 20.1. The van der Waals surface area contributed by atoms with Crippen LogP contribution in [0.25, 0.3) is 0 Å². The second kappa shape index (κ2) is 5.63. The Kier molecular flexibility index (Phi) is 4.77. The average molecular weight is 212 g/mol. The Morgan fingerprint density at radius 1 is 1.57 bits per heavy atom. The summed E-state index contributed by atoms with van der Waals surface area (Å²) < 4.78 is 0. The van der Waals surface area contributed by atoms with E-state index in [1.807, 2.05) is 11.8 Å². The number of nitriles is 1. The van der Waals surface area contributed by atoms with E-state index >= 15 is 0 Å². The molecule has 0 spiro atoms. The topological polar surface area (TPSA) is 35.8 Å². The van der Waals surface area contributed by atoms with Crippen molar-refractivity contribution < 1.29 is 0 Å². The molecular weight excluding hydrogens is 192 g/mol. The molecule has 0 aromatic heterocycles. The van der Waals surface area contributed by atoms with Crippen LogP contribution in [0, 0.1) is 16.7 Å². The highest BCUT2D eigenvalue weighted by Gasteiger charge is 2.41. The van der Waals surface area contributed by atoms with Crippen molar-refractivity contribution in [3.63, 3.8) is 0 Å². The van der Waals surface area contributed by atoms with Gasteiger partial charge in [0.1, 0.15) is 0 Å². The van der Waals surface area contributed by atoms with Gasteiger partial charge in [0.25, 0.3) is 0 Å². The lowest BCUT2D eigenvalue weighted by Gasteiger charge is -2.17. The summed E-state index contributed by atoms with van der Waals surface area (Å²) in [5, 5.41) is 12.2. The van der Waals surface area contributed by atoms with Crippen LogP contribution in [-0.2, 0) is 0 Å². The van der Waals surface area contributed by atoms with Gasteiger partial charge in [-0.05, 0) is 43.6 Å². The first kappa shape index (κ1) is 11.9. The summed E-state index contributed by atoms with van der Waals surface area (Å²) in [5.74, 6) is 1.22. The maximum absolute atomic E-state index is 8.67. The molecule has 80 valence electrons. The van der Waals surface area contributed by atoms with Gasteiger partial charge in [-0.1, -0.05) is 0 Å². The Labute approximate surface area is 91.4 Å². The molecule has 0 amide bonds. The minimum absolute atomic E-state index is 0.350. The van der Waals surface area contributed by atoms with Gasteiger partial charge in [0, 0.05) is 19.0 Å². The number of thioether (sulfide) groups is 1. The lowest BCUT2D eigenvalue weighted by Crippen LogP contribution is -2.32. The first-order chi connectivity index (χ1) is 6.72. The van der Waals surface area contributed by atoms with Crippen molar-refractivity contribution in [3.05, 3.63) is 0 Å². The molecule has 3 heteroatoms. The first-order valence-electron chi connectivity index (χ1n) is 5.32. The predicted octanol–water partition coefficient (Wildman–Crippen LogP) is 2.41. The van der Waals surface area contributed by atoms with E-state index < -0.39 is 0 Å². The molecule has 1 saturated carbocycles. The van der Waals surface area contributed by atoms with Gasteiger partial charge in [-0.2, -0.15) is 17.0 Å². The second-order valence-corrected chi connectivity index (χ2v) is 5.38. The summed E-state index contributed by atoms with van der Waals surface area (Å²) in [4.78, 5) is 0. The average Bonchev–Trinajstić information content (AvgIpc) is 2.93. The van der Waals surface area contributed by atoms with E-state index in [1.54, 1.807) is 0 Å². The van der Waals surface area contributed by atoms with Crippen molar-refractivity contribution in [1.29, 1.82) is 5.26 Å². The maximum Gasteiger partial charge on any atom is 0.0628 e. The molecule has 0 saturated heterocycles. The quantitative estimate of drug-likeness (QED) is 0.704. The van der Waals surface area contributed by atoms with E-state index in [0.29, 0.717) is 11.5 Å². The summed E-state index contributed by atoms with van der Waals surface area (Å²) in [5.41, 5.74) is 0.350. The molecule has 0 aliphatic heterocycles. The van der Waals surface area contributed by atoms with Crippen molar-refractivity contribution in [1.82, 2.24) is 5.32 Å². The summed E-state index contributed by atoms with van der Waals surface area (Å²) in [6.45, 7) is 3.27. The summed E-state index contributed by atoms with van der Waals surface area (Å²) in [6, 6.07) is 2.89. The van der Waals surface area contributed by atoms with Gasteiger partial charge < -0.3 is 5.32 Å². The van der Waals surface area contributed by atoms with Gasteiger partial charge in [-0.25, -0.2) is 0 Å². The Morgan fingerprint density at radius 2 is 2.29 bits per heavy atom. The van der Waals surface area contributed by atoms with Crippen LogP contribution in [-0.4, -0.2) is 24.6 Å². The third-order valence-electron chi connectivity index (χ3n) is 2.99. The highest BCUT2D eigenvalue weighted by Crippen LogP contribution is 2.47. The van der Waals surface area contributed by atoms with Crippen LogP contribution in [0.3, 0.4) is 0 Å². The molecule has 0 aromatic carbocycles. The fourth-order valence-electron chi connectivity index (χ4n) is 1.55. The minimum atomic E-state index is 0.350. The van der Waals surface area contributed by atoms with E-state index in [9.17, 15) is 0 Å². The number of nitrogens with one attached hydrogen (secondary N) is 1. The summed E-state index contributed by atoms with van der Waals surface area (Å²) in [7, 11) is 0. The lowest BCUT2D eigenvalue weighted by molar-refractivity contribution is 0.422. The van der Waals surface area contributed by atoms with Crippen molar-refractivity contribution in [2.24, 2.45) is 5.41 Å². The molecule has 14 heavy (non-hydrogen) atoms. The lowest BCUT2D eigenvalue weighted by atomic mass is 10.0. The minimum Gasteiger partial charge on any atom is -0.314 e. The SMILES string of the molecule is CSCCC(C)NCC1(CC#N)CC1. The first-order valence-corrected chi connectivity index (χ1v) is 6.71. The van der Waals surface area contributed by atoms with E-state index in [0.717, 1.165) is 13.0 Å². The standard InChI is InChI=1S/C11H20N2S/c1-10(3-8-14-2)13-9-11(4-5-11)6-7-12/h10,13H,3-6,8-9H2,1-2H3. The van der Waals surface area contributed by atoms with E-state index in [4.69, 9.17) is 5.26 Å². The Morgan fingerprint density at radius 3 is 2.79 bits per heavy atom. The smallest absolute Gasteiger partial charge is 0.0628 e. The fourth-order valence-corrected chi connectivity index (χ4v) is 2.14. The van der Waals surface area contributed by atoms with Gasteiger partial charge in [0.2, 0.25) is 0 Å². The van der Waals surface area contributed by atoms with Crippen molar-refractivity contribution in [2.45, 2.75) is 38.6 Å². The van der Waals surface area contributed by atoms with Gasteiger partial charge >= 0.3 is 0 Å². The molecule has 0 radical (unpaired) electrons. The van der Waals surface area contributed by atoms with Crippen LogP contribution in [0.2, 0.25) is 0 Å². The van der Waals surface area contributed by atoms with Crippen LogP contribution in [0.4, 0.5) is 0 Å². The van der Waals surface area contributed by atoms with Crippen LogP contribution in [0.15, 0.2) is 0 Å². The number of hydrogen-bond donors (Lipinski definition) is 1. The number of nitrogens with zero attached hydrogens (tertiary/aromatic N) is 1. The summed E-state index contributed by atoms with van der Waals surface area (Å²) >= 11 is 1.90. The zero-order chi connectivity index (χ0) is 10.4. The largest absolute Gasteiger partial charge is 0.314 e. The monoisotopic (exact) mass is 212 g/mol. The molecular formula is C11H20N2S. The van der Waals surface area contributed by atoms with Gasteiger partial charge in [0.05, 0.1) is 6.07 Å². The van der Waals surface area contributed by atoms with Crippen molar-refractivity contribution in [3.8, 4) is 6.07 Å². The Balaban J connectivity index is 2.11. The zero-order valence-electron chi connectivity index (χ0n) is 9.18.